The molecule has 3 atom stereocenters. The van der Waals surface area contributed by atoms with Crippen LogP contribution in [0.3, 0.4) is 0 Å². The summed E-state index contributed by atoms with van der Waals surface area (Å²) in [4.78, 5) is 11.7. The average Bonchev–Trinajstić information content (AvgIpc) is 2.57. The Morgan fingerprint density at radius 2 is 1.94 bits per heavy atom. The van der Waals surface area contributed by atoms with Crippen molar-refractivity contribution in [3.63, 3.8) is 0 Å². The number of hydrogen-bond acceptors (Lipinski definition) is 4. The van der Waals surface area contributed by atoms with Gasteiger partial charge < -0.3 is 19.5 Å². The third-order valence-corrected chi connectivity index (χ3v) is 3.01. The molecule has 3 unspecified atom stereocenters. The second-order valence-corrected chi connectivity index (χ2v) is 5.82. The van der Waals surface area contributed by atoms with Gasteiger partial charge in [-0.25, -0.2) is 4.79 Å². The van der Waals surface area contributed by atoms with Crippen LogP contribution in [0.1, 0.15) is 33.6 Å². The standard InChI is InChI=1S/C13H25NO4/c1-13(2,3)18-12(15)14-10-6-9(8-16-4)7-11(10)17-5/h9-11H,6-8H2,1-5H3,(H,14,15). The van der Waals surface area contributed by atoms with Crippen LogP contribution in [0.25, 0.3) is 0 Å². The van der Waals surface area contributed by atoms with E-state index in [4.69, 9.17) is 14.2 Å². The van der Waals surface area contributed by atoms with Gasteiger partial charge in [-0.05, 0) is 39.5 Å². The second-order valence-electron chi connectivity index (χ2n) is 5.82. The third-order valence-electron chi connectivity index (χ3n) is 3.01. The van der Waals surface area contributed by atoms with E-state index in [1.807, 2.05) is 20.8 Å². The monoisotopic (exact) mass is 259 g/mol. The SMILES string of the molecule is COCC1CC(NC(=O)OC(C)(C)C)C(OC)C1. The largest absolute Gasteiger partial charge is 0.444 e. The summed E-state index contributed by atoms with van der Waals surface area (Å²) in [6.45, 7) is 6.25. The van der Waals surface area contributed by atoms with Crippen molar-refractivity contribution in [1.82, 2.24) is 5.32 Å². The van der Waals surface area contributed by atoms with Gasteiger partial charge in [0.2, 0.25) is 0 Å². The summed E-state index contributed by atoms with van der Waals surface area (Å²) in [5.74, 6) is 0.430. The number of nitrogens with one attached hydrogen (secondary N) is 1. The molecule has 5 nitrogen and oxygen atoms in total. The number of hydrogen-bond donors (Lipinski definition) is 1. The van der Waals surface area contributed by atoms with Crippen LogP contribution in [0.5, 0.6) is 0 Å². The van der Waals surface area contributed by atoms with Crippen LogP contribution in [0.4, 0.5) is 4.79 Å². The minimum Gasteiger partial charge on any atom is -0.444 e. The zero-order chi connectivity index (χ0) is 13.8. The van der Waals surface area contributed by atoms with E-state index in [1.165, 1.54) is 0 Å². The number of alkyl carbamates (subject to hydrolysis) is 1. The molecule has 1 fully saturated rings. The summed E-state index contributed by atoms with van der Waals surface area (Å²) in [5.41, 5.74) is -0.475. The minimum absolute atomic E-state index is 0.00463. The first-order chi connectivity index (χ1) is 8.35. The summed E-state index contributed by atoms with van der Waals surface area (Å²) in [6, 6.07) is 0.00463. The highest BCUT2D eigenvalue weighted by atomic mass is 16.6. The van der Waals surface area contributed by atoms with Crippen molar-refractivity contribution in [1.29, 1.82) is 0 Å². The molecule has 1 N–H and O–H groups in total. The molecule has 0 radical (unpaired) electrons. The second kappa shape index (κ2) is 6.38. The molecule has 0 aromatic rings. The van der Waals surface area contributed by atoms with Crippen molar-refractivity contribution in [3.8, 4) is 0 Å². The molecule has 0 heterocycles. The maximum atomic E-state index is 11.7. The normalized spacial score (nSPS) is 28.2. The zero-order valence-electron chi connectivity index (χ0n) is 12.0. The van der Waals surface area contributed by atoms with Crippen molar-refractivity contribution in [3.05, 3.63) is 0 Å². The highest BCUT2D eigenvalue weighted by molar-refractivity contribution is 5.68. The van der Waals surface area contributed by atoms with Crippen LogP contribution >= 0.6 is 0 Å². The summed E-state index contributed by atoms with van der Waals surface area (Å²) >= 11 is 0. The van der Waals surface area contributed by atoms with Gasteiger partial charge in [0.25, 0.3) is 0 Å². The molecule has 0 aromatic carbocycles. The molecule has 0 spiro atoms. The topological polar surface area (TPSA) is 56.8 Å². The Hall–Kier alpha value is -0.810. The minimum atomic E-state index is -0.475. The van der Waals surface area contributed by atoms with Gasteiger partial charge in [-0.3, -0.25) is 0 Å². The fraction of sp³-hybridized carbons (Fsp3) is 0.923. The molecule has 1 amide bonds. The molecule has 5 heteroatoms. The lowest BCUT2D eigenvalue weighted by molar-refractivity contribution is 0.0389. The van der Waals surface area contributed by atoms with E-state index in [0.717, 1.165) is 12.8 Å². The Kier molecular flexibility index (Phi) is 5.41. The van der Waals surface area contributed by atoms with E-state index in [0.29, 0.717) is 12.5 Å². The molecule has 0 aliphatic heterocycles. The molecule has 18 heavy (non-hydrogen) atoms. The molecular formula is C13H25NO4. The Labute approximate surface area is 109 Å². The summed E-state index contributed by atoms with van der Waals surface area (Å²) < 4.78 is 15.8. The van der Waals surface area contributed by atoms with Gasteiger partial charge in [0.05, 0.1) is 12.1 Å². The quantitative estimate of drug-likeness (QED) is 0.838. The Morgan fingerprint density at radius 3 is 2.44 bits per heavy atom. The maximum absolute atomic E-state index is 11.7. The van der Waals surface area contributed by atoms with E-state index in [1.54, 1.807) is 14.2 Å². The fourth-order valence-electron chi connectivity index (χ4n) is 2.34. The van der Waals surface area contributed by atoms with E-state index < -0.39 is 5.60 Å². The lowest BCUT2D eigenvalue weighted by atomic mass is 10.1. The van der Waals surface area contributed by atoms with Crippen molar-refractivity contribution in [2.24, 2.45) is 5.92 Å². The maximum Gasteiger partial charge on any atom is 0.407 e. The predicted molar refractivity (Wildman–Crippen MR) is 68.6 cm³/mol. The van der Waals surface area contributed by atoms with Gasteiger partial charge in [0.1, 0.15) is 5.60 Å². The van der Waals surface area contributed by atoms with Crippen LogP contribution in [0.2, 0.25) is 0 Å². The van der Waals surface area contributed by atoms with Crippen molar-refractivity contribution < 1.29 is 19.0 Å². The lowest BCUT2D eigenvalue weighted by Crippen LogP contribution is -2.43. The molecule has 1 rings (SSSR count). The average molecular weight is 259 g/mol. The first kappa shape index (κ1) is 15.2. The highest BCUT2D eigenvalue weighted by Gasteiger charge is 2.36. The van der Waals surface area contributed by atoms with E-state index in [-0.39, 0.29) is 18.2 Å². The summed E-state index contributed by atoms with van der Waals surface area (Å²) in [5, 5.41) is 2.88. The van der Waals surface area contributed by atoms with Gasteiger partial charge in [0, 0.05) is 20.8 Å². The van der Waals surface area contributed by atoms with E-state index in [2.05, 4.69) is 5.32 Å². The first-order valence-electron chi connectivity index (χ1n) is 6.37. The molecule has 106 valence electrons. The molecule has 0 aromatic heterocycles. The number of ether oxygens (including phenoxy) is 3. The van der Waals surface area contributed by atoms with Gasteiger partial charge in [-0.1, -0.05) is 0 Å². The fourth-order valence-corrected chi connectivity index (χ4v) is 2.34. The van der Waals surface area contributed by atoms with Crippen LogP contribution in [-0.2, 0) is 14.2 Å². The van der Waals surface area contributed by atoms with Gasteiger partial charge in [-0.15, -0.1) is 0 Å². The molecule has 1 aliphatic rings. The number of amides is 1. The van der Waals surface area contributed by atoms with Crippen LogP contribution < -0.4 is 5.32 Å². The van der Waals surface area contributed by atoms with E-state index in [9.17, 15) is 4.79 Å². The molecule has 0 saturated heterocycles. The summed E-state index contributed by atoms with van der Waals surface area (Å²) in [6.07, 6.45) is 1.43. The number of rotatable bonds is 4. The van der Waals surface area contributed by atoms with Crippen LogP contribution in [0, 0.1) is 5.92 Å². The molecule has 1 aliphatic carbocycles. The number of carbonyl (C=O) groups excluding carboxylic acids is 1. The van der Waals surface area contributed by atoms with Crippen molar-refractivity contribution in [2.75, 3.05) is 20.8 Å². The van der Waals surface area contributed by atoms with E-state index >= 15 is 0 Å². The summed E-state index contributed by atoms with van der Waals surface area (Å²) in [7, 11) is 3.36. The van der Waals surface area contributed by atoms with Gasteiger partial charge >= 0.3 is 6.09 Å². The smallest absolute Gasteiger partial charge is 0.407 e. The Morgan fingerprint density at radius 1 is 1.28 bits per heavy atom. The van der Waals surface area contributed by atoms with Crippen LogP contribution in [-0.4, -0.2) is 44.7 Å². The Bertz CT molecular complexity index is 275. The predicted octanol–water partition coefficient (Wildman–Crippen LogP) is 1.95. The lowest BCUT2D eigenvalue weighted by Gasteiger charge is -2.24. The van der Waals surface area contributed by atoms with Gasteiger partial charge in [-0.2, -0.15) is 0 Å². The van der Waals surface area contributed by atoms with Crippen molar-refractivity contribution in [2.45, 2.75) is 51.4 Å². The van der Waals surface area contributed by atoms with Crippen molar-refractivity contribution >= 4 is 6.09 Å². The first-order valence-corrected chi connectivity index (χ1v) is 6.37. The molecule has 0 bridgehead atoms. The highest BCUT2D eigenvalue weighted by Crippen LogP contribution is 2.28. The third kappa shape index (κ3) is 4.82. The Balaban J connectivity index is 2.47. The molecular weight excluding hydrogens is 234 g/mol. The number of methoxy groups -OCH3 is 2. The zero-order valence-corrected chi connectivity index (χ0v) is 12.0. The number of carbonyl (C=O) groups is 1. The van der Waals surface area contributed by atoms with Crippen LogP contribution in [0.15, 0.2) is 0 Å². The van der Waals surface area contributed by atoms with Gasteiger partial charge in [0.15, 0.2) is 0 Å². The molecule has 1 saturated carbocycles.